The molecule has 0 saturated carbocycles. The van der Waals surface area contributed by atoms with Gasteiger partial charge in [-0.1, -0.05) is 54.1 Å². The summed E-state index contributed by atoms with van der Waals surface area (Å²) in [7, 11) is 0. The van der Waals surface area contributed by atoms with Gasteiger partial charge in [0.15, 0.2) is 0 Å². The Balaban J connectivity index is 1.37. The van der Waals surface area contributed by atoms with E-state index in [1.807, 2.05) is 72.8 Å². The predicted octanol–water partition coefficient (Wildman–Crippen LogP) is 6.19. The highest BCUT2D eigenvalue weighted by Gasteiger charge is 2.03. The Labute approximate surface area is 185 Å². The average Bonchev–Trinajstić information content (AvgIpc) is 2.81. The first-order valence-electron chi connectivity index (χ1n) is 9.65. The van der Waals surface area contributed by atoms with Gasteiger partial charge in [-0.2, -0.15) is 0 Å². The van der Waals surface area contributed by atoms with Crippen LogP contribution in [-0.4, -0.2) is 15.9 Å². The number of anilines is 3. The summed E-state index contributed by atoms with van der Waals surface area (Å²) in [6.45, 7) is 0. The molecule has 0 aliphatic rings. The second kappa shape index (κ2) is 9.69. The smallest absolute Gasteiger partial charge is 0.248 e. The number of aromatic nitrogens is 2. The van der Waals surface area contributed by atoms with Gasteiger partial charge in [-0.15, -0.1) is 0 Å². The zero-order valence-corrected chi connectivity index (χ0v) is 17.3. The first kappa shape index (κ1) is 20.3. The SMILES string of the molecule is O=C(/C=C/c1ccc(Cl)cc1)Nc1ccc(Nc2cc(-c3ccccc3)ncn2)cc1. The second-order valence-electron chi connectivity index (χ2n) is 6.73. The number of hydrogen-bond donors (Lipinski definition) is 2. The number of carbonyl (C=O) groups excluding carboxylic acids is 1. The van der Waals surface area contributed by atoms with Gasteiger partial charge < -0.3 is 10.6 Å². The summed E-state index contributed by atoms with van der Waals surface area (Å²) in [5, 5.41) is 6.76. The van der Waals surface area contributed by atoms with Gasteiger partial charge in [0.05, 0.1) is 5.69 Å². The molecule has 4 rings (SSSR count). The Hall–Kier alpha value is -3.96. The van der Waals surface area contributed by atoms with Crippen LogP contribution in [-0.2, 0) is 4.79 Å². The third-order valence-corrected chi connectivity index (χ3v) is 4.71. The van der Waals surface area contributed by atoms with Gasteiger partial charge in [0, 0.05) is 34.1 Å². The Bertz CT molecular complexity index is 1190. The van der Waals surface area contributed by atoms with Crippen LogP contribution in [0.3, 0.4) is 0 Å². The first-order valence-corrected chi connectivity index (χ1v) is 10.0. The van der Waals surface area contributed by atoms with Gasteiger partial charge in [-0.05, 0) is 48.0 Å². The number of amides is 1. The van der Waals surface area contributed by atoms with Crippen molar-refractivity contribution in [2.45, 2.75) is 0 Å². The lowest BCUT2D eigenvalue weighted by Gasteiger charge is -2.08. The van der Waals surface area contributed by atoms with E-state index < -0.39 is 0 Å². The molecule has 5 nitrogen and oxygen atoms in total. The van der Waals surface area contributed by atoms with E-state index >= 15 is 0 Å². The number of nitrogens with one attached hydrogen (secondary N) is 2. The summed E-state index contributed by atoms with van der Waals surface area (Å²) >= 11 is 5.87. The summed E-state index contributed by atoms with van der Waals surface area (Å²) in [5.74, 6) is 0.482. The van der Waals surface area contributed by atoms with E-state index in [4.69, 9.17) is 11.6 Å². The Kier molecular flexibility index (Phi) is 6.35. The molecule has 6 heteroatoms. The maximum absolute atomic E-state index is 12.1. The van der Waals surface area contributed by atoms with Gasteiger partial charge in [-0.3, -0.25) is 4.79 Å². The highest BCUT2D eigenvalue weighted by atomic mass is 35.5. The lowest BCUT2D eigenvalue weighted by Crippen LogP contribution is -2.07. The molecule has 0 aliphatic carbocycles. The molecule has 152 valence electrons. The summed E-state index contributed by atoms with van der Waals surface area (Å²) < 4.78 is 0. The highest BCUT2D eigenvalue weighted by Crippen LogP contribution is 2.22. The van der Waals surface area contributed by atoms with E-state index in [1.54, 1.807) is 18.2 Å². The molecule has 3 aromatic carbocycles. The fraction of sp³-hybridized carbons (Fsp3) is 0. The molecule has 0 bridgehead atoms. The fourth-order valence-corrected chi connectivity index (χ4v) is 3.03. The zero-order chi connectivity index (χ0) is 21.5. The molecule has 0 spiro atoms. The van der Waals surface area contributed by atoms with Crippen LogP contribution >= 0.6 is 11.6 Å². The zero-order valence-electron chi connectivity index (χ0n) is 16.5. The van der Waals surface area contributed by atoms with E-state index in [9.17, 15) is 4.79 Å². The minimum atomic E-state index is -0.209. The first-order chi connectivity index (χ1) is 15.2. The third kappa shape index (κ3) is 5.78. The summed E-state index contributed by atoms with van der Waals surface area (Å²) in [5.41, 5.74) is 4.32. The molecule has 4 aromatic rings. The van der Waals surface area contributed by atoms with Crippen LogP contribution < -0.4 is 10.6 Å². The normalized spacial score (nSPS) is 10.7. The van der Waals surface area contributed by atoms with Gasteiger partial charge in [0.1, 0.15) is 12.1 Å². The molecule has 2 N–H and O–H groups in total. The maximum atomic E-state index is 12.1. The van der Waals surface area contributed by atoms with Crippen LogP contribution in [0.4, 0.5) is 17.2 Å². The van der Waals surface area contributed by atoms with Gasteiger partial charge in [0.2, 0.25) is 5.91 Å². The molecule has 0 radical (unpaired) electrons. The Morgan fingerprint density at radius 2 is 1.55 bits per heavy atom. The quantitative estimate of drug-likeness (QED) is 0.360. The Morgan fingerprint density at radius 1 is 0.839 bits per heavy atom. The topological polar surface area (TPSA) is 66.9 Å². The van der Waals surface area contributed by atoms with Crippen molar-refractivity contribution < 1.29 is 4.79 Å². The average molecular weight is 427 g/mol. The molecule has 1 aromatic heterocycles. The van der Waals surface area contributed by atoms with E-state index in [-0.39, 0.29) is 5.91 Å². The number of nitrogens with zero attached hydrogens (tertiary/aromatic N) is 2. The molecule has 0 atom stereocenters. The van der Waals surface area contributed by atoms with Crippen LogP contribution in [0.15, 0.2) is 97.3 Å². The van der Waals surface area contributed by atoms with Crippen molar-refractivity contribution >= 4 is 40.8 Å². The molecular weight excluding hydrogens is 408 g/mol. The molecule has 31 heavy (non-hydrogen) atoms. The molecule has 0 saturated heterocycles. The van der Waals surface area contributed by atoms with Crippen molar-refractivity contribution in [1.29, 1.82) is 0 Å². The summed E-state index contributed by atoms with van der Waals surface area (Å²) in [4.78, 5) is 20.8. The Morgan fingerprint density at radius 3 is 2.29 bits per heavy atom. The van der Waals surface area contributed by atoms with Gasteiger partial charge >= 0.3 is 0 Å². The van der Waals surface area contributed by atoms with E-state index in [0.717, 1.165) is 22.5 Å². The maximum Gasteiger partial charge on any atom is 0.248 e. The van der Waals surface area contributed by atoms with Crippen molar-refractivity contribution in [3.05, 3.63) is 108 Å². The minimum absolute atomic E-state index is 0.209. The second-order valence-corrected chi connectivity index (χ2v) is 7.17. The number of hydrogen-bond acceptors (Lipinski definition) is 4. The van der Waals surface area contributed by atoms with E-state index in [0.29, 0.717) is 16.5 Å². The number of halogens is 1. The standard InChI is InChI=1S/C25H19ClN4O/c26-20-9-6-18(7-10-20)8-15-25(31)30-22-13-11-21(12-14-22)29-24-16-23(27-17-28-24)19-4-2-1-3-5-19/h1-17H,(H,30,31)(H,27,28,29)/b15-8+. The number of benzene rings is 3. The van der Waals surface area contributed by atoms with Crippen molar-refractivity contribution in [3.63, 3.8) is 0 Å². The molecular formula is C25H19ClN4O. The van der Waals surface area contributed by atoms with Crippen molar-refractivity contribution in [3.8, 4) is 11.3 Å². The molecule has 1 heterocycles. The van der Waals surface area contributed by atoms with Crippen molar-refractivity contribution in [1.82, 2.24) is 9.97 Å². The molecule has 0 aliphatic heterocycles. The molecule has 0 fully saturated rings. The summed E-state index contributed by atoms with van der Waals surface area (Å²) in [6.07, 6.45) is 4.76. The largest absolute Gasteiger partial charge is 0.340 e. The van der Waals surface area contributed by atoms with E-state index in [2.05, 4.69) is 20.6 Å². The lowest BCUT2D eigenvalue weighted by atomic mass is 10.1. The van der Waals surface area contributed by atoms with Crippen LogP contribution in [0.1, 0.15) is 5.56 Å². The van der Waals surface area contributed by atoms with Gasteiger partial charge in [0.25, 0.3) is 0 Å². The van der Waals surface area contributed by atoms with Crippen molar-refractivity contribution in [2.24, 2.45) is 0 Å². The highest BCUT2D eigenvalue weighted by molar-refractivity contribution is 6.30. The predicted molar refractivity (Wildman–Crippen MR) is 126 cm³/mol. The van der Waals surface area contributed by atoms with Crippen LogP contribution in [0.5, 0.6) is 0 Å². The van der Waals surface area contributed by atoms with E-state index in [1.165, 1.54) is 12.4 Å². The van der Waals surface area contributed by atoms with Crippen molar-refractivity contribution in [2.75, 3.05) is 10.6 Å². The summed E-state index contributed by atoms with van der Waals surface area (Å²) in [6, 6.07) is 26.5. The minimum Gasteiger partial charge on any atom is -0.340 e. The van der Waals surface area contributed by atoms with Crippen LogP contribution in [0, 0.1) is 0 Å². The third-order valence-electron chi connectivity index (χ3n) is 4.46. The monoisotopic (exact) mass is 426 g/mol. The molecule has 0 unspecified atom stereocenters. The van der Waals surface area contributed by atoms with Crippen LogP contribution in [0.25, 0.3) is 17.3 Å². The van der Waals surface area contributed by atoms with Gasteiger partial charge in [-0.25, -0.2) is 9.97 Å². The number of carbonyl (C=O) groups is 1. The lowest BCUT2D eigenvalue weighted by molar-refractivity contribution is -0.111. The number of rotatable bonds is 6. The molecule has 1 amide bonds. The van der Waals surface area contributed by atoms with Crippen LogP contribution in [0.2, 0.25) is 5.02 Å². The fourth-order valence-electron chi connectivity index (χ4n) is 2.91.